The summed E-state index contributed by atoms with van der Waals surface area (Å²) in [4.78, 5) is 42.3. The number of nitrogens with one attached hydrogen (secondary N) is 1. The number of amides is 1. The maximum absolute atomic E-state index is 13.1. The maximum atomic E-state index is 13.1. The van der Waals surface area contributed by atoms with Gasteiger partial charge in [-0.15, -0.1) is 11.3 Å². The van der Waals surface area contributed by atoms with Crippen molar-refractivity contribution >= 4 is 50.8 Å². The fraction of sp³-hybridized carbons (Fsp3) is 0.250. The predicted molar refractivity (Wildman–Crippen MR) is 122 cm³/mol. The molecule has 0 unspecified atom stereocenters. The molecule has 3 aromatic rings. The van der Waals surface area contributed by atoms with Crippen molar-refractivity contribution in [3.63, 3.8) is 0 Å². The van der Waals surface area contributed by atoms with E-state index in [0.717, 1.165) is 15.1 Å². The SMILES string of the molecule is CCCCn1c(N)c(N(Cc2ccco2)C(=O)/C=C/c2ccc(Br)s2)c(=O)[nH]c1=O. The van der Waals surface area contributed by atoms with Crippen molar-refractivity contribution in [2.75, 3.05) is 10.6 Å². The second-order valence-corrected chi connectivity index (χ2v) is 8.97. The van der Waals surface area contributed by atoms with E-state index in [2.05, 4.69) is 20.9 Å². The Morgan fingerprint density at radius 2 is 2.17 bits per heavy atom. The van der Waals surface area contributed by atoms with Gasteiger partial charge in [0.25, 0.3) is 11.5 Å². The molecule has 10 heteroatoms. The molecule has 0 saturated heterocycles. The summed E-state index contributed by atoms with van der Waals surface area (Å²) in [5.74, 6) is -0.0427. The Labute approximate surface area is 184 Å². The normalized spacial score (nSPS) is 11.3. The third-order valence-corrected chi connectivity index (χ3v) is 5.95. The summed E-state index contributed by atoms with van der Waals surface area (Å²) in [6.07, 6.45) is 6.04. The lowest BCUT2D eigenvalue weighted by atomic mass is 10.3. The van der Waals surface area contributed by atoms with Gasteiger partial charge in [0.1, 0.15) is 11.6 Å². The molecule has 3 heterocycles. The number of aromatic amines is 1. The Bertz CT molecular complexity index is 1160. The van der Waals surface area contributed by atoms with E-state index in [0.29, 0.717) is 18.7 Å². The van der Waals surface area contributed by atoms with Crippen molar-refractivity contribution in [2.45, 2.75) is 32.9 Å². The molecule has 0 fully saturated rings. The molecule has 0 saturated carbocycles. The van der Waals surface area contributed by atoms with Crippen LogP contribution in [-0.2, 0) is 17.9 Å². The number of furan rings is 1. The highest BCUT2D eigenvalue weighted by molar-refractivity contribution is 9.11. The first-order valence-corrected chi connectivity index (χ1v) is 10.9. The van der Waals surface area contributed by atoms with Gasteiger partial charge in [-0.2, -0.15) is 0 Å². The number of unbranched alkanes of at least 4 members (excludes halogenated alkanes) is 1. The third kappa shape index (κ3) is 5.00. The summed E-state index contributed by atoms with van der Waals surface area (Å²) in [6, 6.07) is 7.12. The number of H-pyrrole nitrogens is 1. The molecule has 0 atom stereocenters. The number of aromatic nitrogens is 2. The van der Waals surface area contributed by atoms with Gasteiger partial charge in [0, 0.05) is 17.5 Å². The highest BCUT2D eigenvalue weighted by Gasteiger charge is 2.24. The molecule has 3 aromatic heterocycles. The van der Waals surface area contributed by atoms with Gasteiger partial charge in [0.2, 0.25) is 0 Å². The van der Waals surface area contributed by atoms with Crippen LogP contribution in [0.15, 0.2) is 54.4 Å². The Morgan fingerprint density at radius 3 is 2.80 bits per heavy atom. The highest BCUT2D eigenvalue weighted by atomic mass is 79.9. The van der Waals surface area contributed by atoms with Crippen LogP contribution in [0.5, 0.6) is 0 Å². The molecule has 0 aromatic carbocycles. The smallest absolute Gasteiger partial charge is 0.330 e. The van der Waals surface area contributed by atoms with E-state index >= 15 is 0 Å². The van der Waals surface area contributed by atoms with E-state index in [1.165, 1.54) is 33.1 Å². The van der Waals surface area contributed by atoms with Crippen LogP contribution in [0, 0.1) is 0 Å². The Balaban J connectivity index is 2.04. The van der Waals surface area contributed by atoms with E-state index in [9.17, 15) is 14.4 Å². The molecule has 1 amide bonds. The molecule has 3 rings (SSSR count). The van der Waals surface area contributed by atoms with Crippen LogP contribution in [-0.4, -0.2) is 15.5 Å². The predicted octanol–water partition coefficient (Wildman–Crippen LogP) is 3.58. The summed E-state index contributed by atoms with van der Waals surface area (Å²) in [6.45, 7) is 2.31. The number of anilines is 2. The molecule has 0 aliphatic rings. The Kier molecular flexibility index (Phi) is 7.11. The summed E-state index contributed by atoms with van der Waals surface area (Å²) >= 11 is 4.85. The van der Waals surface area contributed by atoms with Gasteiger partial charge in [-0.05, 0) is 52.7 Å². The molecular formula is C20H21BrN4O4S. The van der Waals surface area contributed by atoms with Crippen molar-refractivity contribution in [2.24, 2.45) is 0 Å². The van der Waals surface area contributed by atoms with E-state index in [4.69, 9.17) is 10.2 Å². The minimum absolute atomic E-state index is 0.0103. The molecule has 158 valence electrons. The topological polar surface area (TPSA) is 114 Å². The van der Waals surface area contributed by atoms with Crippen LogP contribution in [0.3, 0.4) is 0 Å². The van der Waals surface area contributed by atoms with Crippen molar-refractivity contribution in [1.29, 1.82) is 0 Å². The van der Waals surface area contributed by atoms with Gasteiger partial charge >= 0.3 is 5.69 Å². The average Bonchev–Trinajstić information content (AvgIpc) is 3.36. The minimum atomic E-state index is -0.725. The van der Waals surface area contributed by atoms with E-state index in [1.54, 1.807) is 18.2 Å². The first kappa shape index (κ1) is 21.8. The summed E-state index contributed by atoms with van der Waals surface area (Å²) in [5.41, 5.74) is 4.79. The molecular weight excluding hydrogens is 472 g/mol. The van der Waals surface area contributed by atoms with E-state index in [1.807, 2.05) is 19.1 Å². The zero-order chi connectivity index (χ0) is 21.7. The van der Waals surface area contributed by atoms with Crippen molar-refractivity contribution < 1.29 is 9.21 Å². The summed E-state index contributed by atoms with van der Waals surface area (Å²) in [5, 5.41) is 0. The van der Waals surface area contributed by atoms with Gasteiger partial charge in [-0.1, -0.05) is 13.3 Å². The Morgan fingerprint density at radius 1 is 1.37 bits per heavy atom. The number of thiophene rings is 1. The number of nitrogens with two attached hydrogens (primary N) is 1. The molecule has 8 nitrogen and oxygen atoms in total. The summed E-state index contributed by atoms with van der Waals surface area (Å²) in [7, 11) is 0. The maximum Gasteiger partial charge on any atom is 0.330 e. The van der Waals surface area contributed by atoms with Crippen molar-refractivity contribution in [3.8, 4) is 0 Å². The number of rotatable bonds is 8. The highest BCUT2D eigenvalue weighted by Crippen LogP contribution is 2.24. The lowest BCUT2D eigenvalue weighted by Gasteiger charge is -2.22. The first-order valence-electron chi connectivity index (χ1n) is 9.30. The monoisotopic (exact) mass is 492 g/mol. The van der Waals surface area contributed by atoms with Gasteiger partial charge in [0.05, 0.1) is 16.6 Å². The second kappa shape index (κ2) is 9.77. The molecule has 0 spiro atoms. The lowest BCUT2D eigenvalue weighted by Crippen LogP contribution is -2.40. The van der Waals surface area contributed by atoms with E-state index in [-0.39, 0.29) is 18.1 Å². The van der Waals surface area contributed by atoms with Gasteiger partial charge in [-0.25, -0.2) is 4.79 Å². The summed E-state index contributed by atoms with van der Waals surface area (Å²) < 4.78 is 7.57. The number of halogens is 1. The molecule has 0 radical (unpaired) electrons. The number of hydrogen-bond donors (Lipinski definition) is 2. The number of carbonyl (C=O) groups excluding carboxylic acids is 1. The van der Waals surface area contributed by atoms with Crippen LogP contribution in [0.25, 0.3) is 6.08 Å². The van der Waals surface area contributed by atoms with Crippen LogP contribution in [0.1, 0.15) is 30.4 Å². The average molecular weight is 493 g/mol. The zero-order valence-corrected chi connectivity index (χ0v) is 18.7. The molecule has 3 N–H and O–H groups in total. The molecule has 0 aliphatic heterocycles. The number of hydrogen-bond acceptors (Lipinski definition) is 6. The fourth-order valence-corrected chi connectivity index (χ4v) is 4.19. The third-order valence-electron chi connectivity index (χ3n) is 4.36. The number of nitrogens with zero attached hydrogens (tertiary/aromatic N) is 2. The lowest BCUT2D eigenvalue weighted by molar-refractivity contribution is -0.114. The minimum Gasteiger partial charge on any atom is -0.467 e. The first-order chi connectivity index (χ1) is 14.4. The number of nitrogen functional groups attached to an aromatic ring is 1. The number of carbonyl (C=O) groups is 1. The molecule has 0 aliphatic carbocycles. The fourth-order valence-electron chi connectivity index (χ4n) is 2.86. The quantitative estimate of drug-likeness (QED) is 0.466. The van der Waals surface area contributed by atoms with Crippen molar-refractivity contribution in [3.05, 3.63) is 71.9 Å². The van der Waals surface area contributed by atoms with Crippen LogP contribution >= 0.6 is 27.3 Å². The van der Waals surface area contributed by atoms with Crippen LogP contribution < -0.4 is 21.9 Å². The molecule has 30 heavy (non-hydrogen) atoms. The zero-order valence-electron chi connectivity index (χ0n) is 16.3. The van der Waals surface area contributed by atoms with Crippen molar-refractivity contribution in [1.82, 2.24) is 9.55 Å². The van der Waals surface area contributed by atoms with Crippen LogP contribution in [0.4, 0.5) is 11.5 Å². The van der Waals surface area contributed by atoms with E-state index < -0.39 is 17.2 Å². The molecule has 0 bridgehead atoms. The Hall–Kier alpha value is -2.85. The standard InChI is InChI=1S/C20H21BrN4O4S/c1-2-3-10-24-18(22)17(19(27)23-20(24)28)25(12-13-5-4-11-29-13)16(26)9-7-14-6-8-15(21)30-14/h4-9,11H,2-3,10,12,22H2,1H3,(H,23,27,28)/b9-7+. The van der Waals surface area contributed by atoms with Gasteiger partial charge in [-0.3, -0.25) is 24.0 Å². The van der Waals surface area contributed by atoms with Gasteiger partial charge in [0.15, 0.2) is 5.69 Å². The van der Waals surface area contributed by atoms with Gasteiger partial charge < -0.3 is 10.2 Å². The largest absolute Gasteiger partial charge is 0.467 e. The second-order valence-electron chi connectivity index (χ2n) is 6.48. The van der Waals surface area contributed by atoms with Crippen LogP contribution in [0.2, 0.25) is 0 Å².